The van der Waals surface area contributed by atoms with Gasteiger partial charge in [-0.05, 0) is 17.9 Å². The van der Waals surface area contributed by atoms with Gasteiger partial charge in [-0.25, -0.2) is 4.79 Å². The highest BCUT2D eigenvalue weighted by molar-refractivity contribution is 7.99. The van der Waals surface area contributed by atoms with Gasteiger partial charge in [-0.3, -0.25) is 4.79 Å². The molecule has 0 aromatic heterocycles. The second-order valence-electron chi connectivity index (χ2n) is 7.78. The van der Waals surface area contributed by atoms with Crippen molar-refractivity contribution in [3.05, 3.63) is 34.9 Å². The molecule has 0 spiro atoms. The molecule has 0 unspecified atom stereocenters. The monoisotopic (exact) mass is 397 g/mol. The van der Waals surface area contributed by atoms with E-state index in [4.69, 9.17) is 16.3 Å². The number of carbonyl (C=O) groups is 2. The van der Waals surface area contributed by atoms with Gasteiger partial charge in [0, 0.05) is 22.8 Å². The first-order chi connectivity index (χ1) is 12.2. The van der Waals surface area contributed by atoms with Gasteiger partial charge in [-0.1, -0.05) is 63.9 Å². The van der Waals surface area contributed by atoms with E-state index in [0.717, 1.165) is 18.4 Å². The molecule has 1 fully saturated rings. The maximum atomic E-state index is 13.1. The lowest BCUT2D eigenvalue weighted by Crippen LogP contribution is -2.45. The number of halogens is 1. The molecule has 4 nitrogen and oxygen atoms in total. The SMILES string of the molecule is CCCCOC(=O)[C@@H]1CS[C@H](c2ccccc2Cl)N1C(=O)CC(C)(C)C. The molecule has 1 aromatic carbocycles. The summed E-state index contributed by atoms with van der Waals surface area (Å²) in [5, 5.41) is 0.348. The van der Waals surface area contributed by atoms with E-state index in [9.17, 15) is 9.59 Å². The minimum absolute atomic E-state index is 0.0372. The second kappa shape index (κ2) is 9.14. The lowest BCUT2D eigenvalue weighted by molar-refractivity contribution is -0.154. The van der Waals surface area contributed by atoms with E-state index in [-0.39, 0.29) is 22.7 Å². The Bertz CT molecular complexity index is 644. The van der Waals surface area contributed by atoms with Crippen LogP contribution in [0.1, 0.15) is 57.9 Å². The lowest BCUT2D eigenvalue weighted by Gasteiger charge is -2.31. The minimum Gasteiger partial charge on any atom is -0.464 e. The van der Waals surface area contributed by atoms with E-state index in [1.165, 1.54) is 0 Å². The quantitative estimate of drug-likeness (QED) is 0.497. The van der Waals surface area contributed by atoms with Crippen LogP contribution in [0.2, 0.25) is 5.02 Å². The molecule has 1 aromatic rings. The Balaban J connectivity index is 2.27. The summed E-state index contributed by atoms with van der Waals surface area (Å²) in [6.07, 6.45) is 2.16. The molecule has 2 rings (SSSR count). The molecule has 1 heterocycles. The van der Waals surface area contributed by atoms with Gasteiger partial charge in [0.15, 0.2) is 0 Å². The van der Waals surface area contributed by atoms with Crippen LogP contribution in [0.5, 0.6) is 0 Å². The van der Waals surface area contributed by atoms with Crippen LogP contribution in [0.15, 0.2) is 24.3 Å². The molecule has 1 amide bonds. The van der Waals surface area contributed by atoms with Gasteiger partial charge in [0.2, 0.25) is 5.91 Å². The zero-order chi connectivity index (χ0) is 19.3. The molecule has 6 heteroatoms. The first-order valence-electron chi connectivity index (χ1n) is 9.08. The average Bonchev–Trinajstić information content (AvgIpc) is 2.99. The van der Waals surface area contributed by atoms with E-state index in [0.29, 0.717) is 23.8 Å². The molecule has 1 saturated heterocycles. The third-order valence-corrected chi connectivity index (χ3v) is 5.80. The highest BCUT2D eigenvalue weighted by atomic mass is 35.5. The highest BCUT2D eigenvalue weighted by Gasteiger charge is 2.44. The van der Waals surface area contributed by atoms with E-state index in [1.807, 2.05) is 52.0 Å². The molecular weight excluding hydrogens is 370 g/mol. The van der Waals surface area contributed by atoms with Gasteiger partial charge < -0.3 is 9.64 Å². The molecule has 1 aliphatic rings. The molecule has 0 bridgehead atoms. The van der Waals surface area contributed by atoms with Crippen LogP contribution in [-0.4, -0.2) is 35.2 Å². The fraction of sp³-hybridized carbons (Fsp3) is 0.600. The van der Waals surface area contributed by atoms with Crippen molar-refractivity contribution < 1.29 is 14.3 Å². The van der Waals surface area contributed by atoms with Crippen molar-refractivity contribution in [2.45, 2.75) is 58.4 Å². The average molecular weight is 398 g/mol. The lowest BCUT2D eigenvalue weighted by atomic mass is 9.91. The predicted molar refractivity (Wildman–Crippen MR) is 107 cm³/mol. The predicted octanol–water partition coefficient (Wildman–Crippen LogP) is 5.06. The third-order valence-electron chi connectivity index (χ3n) is 4.16. The zero-order valence-corrected chi connectivity index (χ0v) is 17.5. The fourth-order valence-electron chi connectivity index (χ4n) is 2.87. The Morgan fingerprint density at radius 2 is 2.00 bits per heavy atom. The number of ether oxygens (including phenoxy) is 1. The van der Waals surface area contributed by atoms with Crippen LogP contribution in [0.4, 0.5) is 0 Å². The fourth-order valence-corrected chi connectivity index (χ4v) is 4.64. The summed E-state index contributed by atoms with van der Waals surface area (Å²) < 4.78 is 5.41. The number of carbonyl (C=O) groups excluding carboxylic acids is 2. The van der Waals surface area contributed by atoms with Crippen molar-refractivity contribution in [1.29, 1.82) is 0 Å². The molecule has 0 radical (unpaired) electrons. The summed E-state index contributed by atoms with van der Waals surface area (Å²) >= 11 is 7.94. The van der Waals surface area contributed by atoms with E-state index in [1.54, 1.807) is 16.7 Å². The number of thioether (sulfide) groups is 1. The first kappa shape index (κ1) is 21.1. The van der Waals surface area contributed by atoms with Crippen molar-refractivity contribution in [2.75, 3.05) is 12.4 Å². The van der Waals surface area contributed by atoms with Crippen molar-refractivity contribution in [1.82, 2.24) is 4.90 Å². The summed E-state index contributed by atoms with van der Waals surface area (Å²) in [6.45, 7) is 8.51. The summed E-state index contributed by atoms with van der Waals surface area (Å²) in [7, 11) is 0. The Kier molecular flexibility index (Phi) is 7.42. The first-order valence-corrected chi connectivity index (χ1v) is 10.5. The Labute approximate surface area is 165 Å². The van der Waals surface area contributed by atoms with Gasteiger partial charge >= 0.3 is 5.97 Å². The second-order valence-corrected chi connectivity index (χ2v) is 9.30. The van der Waals surface area contributed by atoms with Gasteiger partial charge in [0.05, 0.1) is 6.61 Å². The molecule has 26 heavy (non-hydrogen) atoms. The molecule has 0 aliphatic carbocycles. The van der Waals surface area contributed by atoms with Gasteiger partial charge in [-0.2, -0.15) is 0 Å². The number of benzene rings is 1. The molecular formula is C20H28ClNO3S. The van der Waals surface area contributed by atoms with Crippen LogP contribution in [0, 0.1) is 5.41 Å². The molecule has 0 N–H and O–H groups in total. The topological polar surface area (TPSA) is 46.6 Å². The maximum Gasteiger partial charge on any atom is 0.329 e. The van der Waals surface area contributed by atoms with E-state index in [2.05, 4.69) is 0 Å². The number of rotatable bonds is 6. The highest BCUT2D eigenvalue weighted by Crippen LogP contribution is 2.45. The summed E-state index contributed by atoms with van der Waals surface area (Å²) in [4.78, 5) is 27.3. The molecule has 1 aliphatic heterocycles. The smallest absolute Gasteiger partial charge is 0.329 e. The zero-order valence-electron chi connectivity index (χ0n) is 16.0. The standard InChI is InChI=1S/C20H28ClNO3S/c1-5-6-11-25-19(24)16-13-26-18(14-9-7-8-10-15(14)21)22(16)17(23)12-20(2,3)4/h7-10,16,18H,5-6,11-13H2,1-4H3/t16-,18+/m0/s1. The Hall–Kier alpha value is -1.20. The largest absolute Gasteiger partial charge is 0.464 e. The van der Waals surface area contributed by atoms with Crippen molar-refractivity contribution in [2.24, 2.45) is 5.41 Å². The summed E-state index contributed by atoms with van der Waals surface area (Å²) in [5.74, 6) is 0.170. The maximum absolute atomic E-state index is 13.1. The number of unbranched alkanes of at least 4 members (excludes halogenated alkanes) is 1. The van der Waals surface area contributed by atoms with Crippen LogP contribution in [-0.2, 0) is 14.3 Å². The van der Waals surface area contributed by atoms with Gasteiger partial charge in [0.25, 0.3) is 0 Å². The van der Waals surface area contributed by atoms with E-state index < -0.39 is 6.04 Å². The molecule has 0 saturated carbocycles. The normalized spacial score (nSPS) is 20.3. The molecule has 2 atom stereocenters. The van der Waals surface area contributed by atoms with Gasteiger partial charge in [0.1, 0.15) is 11.4 Å². The van der Waals surface area contributed by atoms with Crippen LogP contribution in [0.3, 0.4) is 0 Å². The number of amides is 1. The number of hydrogen-bond donors (Lipinski definition) is 0. The molecule has 144 valence electrons. The number of nitrogens with zero attached hydrogens (tertiary/aromatic N) is 1. The summed E-state index contributed by atoms with van der Waals surface area (Å²) in [6, 6.07) is 6.94. The third kappa shape index (κ3) is 5.40. The Morgan fingerprint density at radius 1 is 1.31 bits per heavy atom. The van der Waals surface area contributed by atoms with Gasteiger partial charge in [-0.15, -0.1) is 11.8 Å². The van der Waals surface area contributed by atoms with Crippen molar-refractivity contribution >= 4 is 35.2 Å². The van der Waals surface area contributed by atoms with Crippen LogP contribution in [0.25, 0.3) is 0 Å². The number of hydrogen-bond acceptors (Lipinski definition) is 4. The minimum atomic E-state index is -0.562. The van der Waals surface area contributed by atoms with E-state index >= 15 is 0 Å². The number of esters is 1. The Morgan fingerprint density at radius 3 is 2.62 bits per heavy atom. The van der Waals surface area contributed by atoms with Crippen molar-refractivity contribution in [3.63, 3.8) is 0 Å². The van der Waals surface area contributed by atoms with Crippen molar-refractivity contribution in [3.8, 4) is 0 Å². The van der Waals surface area contributed by atoms with Crippen LogP contribution >= 0.6 is 23.4 Å². The van der Waals surface area contributed by atoms with Crippen LogP contribution < -0.4 is 0 Å². The summed E-state index contributed by atoms with van der Waals surface area (Å²) in [5.41, 5.74) is 0.705.